The fourth-order valence-electron chi connectivity index (χ4n) is 4.40. The zero-order chi connectivity index (χ0) is 17.6. The highest BCUT2D eigenvalue weighted by atomic mass is 19.1. The van der Waals surface area contributed by atoms with Crippen LogP contribution in [0.2, 0.25) is 0 Å². The molecule has 1 amide bonds. The van der Waals surface area contributed by atoms with Crippen molar-refractivity contribution in [1.82, 2.24) is 0 Å². The van der Waals surface area contributed by atoms with Crippen LogP contribution in [0.5, 0.6) is 0 Å². The third-order valence-electron chi connectivity index (χ3n) is 5.18. The number of allylic oxidation sites excluding steroid dienone is 2. The van der Waals surface area contributed by atoms with E-state index in [9.17, 15) is 23.5 Å². The van der Waals surface area contributed by atoms with E-state index in [-0.39, 0.29) is 17.5 Å². The van der Waals surface area contributed by atoms with E-state index in [1.165, 1.54) is 0 Å². The number of amides is 1. The Labute approximate surface area is 138 Å². The van der Waals surface area contributed by atoms with E-state index in [1.807, 2.05) is 13.8 Å². The summed E-state index contributed by atoms with van der Waals surface area (Å²) in [7, 11) is 0. The molecule has 2 aliphatic carbocycles. The first-order chi connectivity index (χ1) is 11.3. The van der Waals surface area contributed by atoms with Gasteiger partial charge in [-0.1, -0.05) is 11.1 Å². The first-order valence-corrected chi connectivity index (χ1v) is 7.95. The number of fused-ring (bicyclic) bond motifs is 2. The Hall–Kier alpha value is -2.24. The standard InChI is InChI=1S/C18H19F2NO3/c1-8(2)14-10-4-5-11(14)16(18(23)24)15(10)17(22)21-13-7-9(19)3-6-12(13)20/h3,6-7,10-11,15-16H,4-5H2,1-2H3,(H,21,22)(H,23,24)/p-1/t10-,11-,15-,16+/m1/s1. The van der Waals surface area contributed by atoms with Crippen molar-refractivity contribution >= 4 is 17.6 Å². The first-order valence-electron chi connectivity index (χ1n) is 7.95. The van der Waals surface area contributed by atoms with Crippen LogP contribution in [0, 0.1) is 35.3 Å². The Bertz CT molecular complexity index is 740. The fourth-order valence-corrected chi connectivity index (χ4v) is 4.40. The Morgan fingerprint density at radius 1 is 1.12 bits per heavy atom. The number of hydrogen-bond acceptors (Lipinski definition) is 3. The summed E-state index contributed by atoms with van der Waals surface area (Å²) < 4.78 is 27.0. The van der Waals surface area contributed by atoms with Crippen molar-refractivity contribution in [3.8, 4) is 0 Å². The van der Waals surface area contributed by atoms with E-state index >= 15 is 0 Å². The number of halogens is 2. The molecule has 2 bridgehead atoms. The van der Waals surface area contributed by atoms with Gasteiger partial charge in [-0.25, -0.2) is 8.78 Å². The lowest BCUT2D eigenvalue weighted by Crippen LogP contribution is -2.44. The summed E-state index contributed by atoms with van der Waals surface area (Å²) in [6.07, 6.45) is 1.43. The van der Waals surface area contributed by atoms with Crippen molar-refractivity contribution in [2.75, 3.05) is 5.32 Å². The van der Waals surface area contributed by atoms with Gasteiger partial charge in [0.15, 0.2) is 0 Å². The van der Waals surface area contributed by atoms with Gasteiger partial charge in [0.05, 0.1) is 11.6 Å². The van der Waals surface area contributed by atoms with Gasteiger partial charge in [0.2, 0.25) is 5.91 Å². The molecular formula is C18H18F2NO3-. The number of carboxylic acids is 1. The Morgan fingerprint density at radius 2 is 1.75 bits per heavy atom. The molecule has 24 heavy (non-hydrogen) atoms. The molecule has 0 radical (unpaired) electrons. The Kier molecular flexibility index (Phi) is 4.15. The minimum atomic E-state index is -1.26. The van der Waals surface area contributed by atoms with E-state index in [1.54, 1.807) is 0 Å². The predicted octanol–water partition coefficient (Wildman–Crippen LogP) is 2.26. The van der Waals surface area contributed by atoms with Gasteiger partial charge in [-0.2, -0.15) is 0 Å². The number of anilines is 1. The topological polar surface area (TPSA) is 69.2 Å². The monoisotopic (exact) mass is 334 g/mol. The summed E-state index contributed by atoms with van der Waals surface area (Å²) in [6, 6.07) is 2.76. The van der Waals surface area contributed by atoms with Crippen molar-refractivity contribution in [3.63, 3.8) is 0 Å². The number of rotatable bonds is 3. The van der Waals surface area contributed by atoms with E-state index in [0.29, 0.717) is 6.42 Å². The van der Waals surface area contributed by atoms with Crippen molar-refractivity contribution in [1.29, 1.82) is 0 Å². The van der Waals surface area contributed by atoms with Crippen LogP contribution in [0.1, 0.15) is 26.7 Å². The average molecular weight is 334 g/mol. The van der Waals surface area contributed by atoms with Crippen LogP contribution in [-0.4, -0.2) is 11.9 Å². The molecule has 2 aliphatic rings. The molecule has 4 nitrogen and oxygen atoms in total. The third kappa shape index (κ3) is 2.60. The van der Waals surface area contributed by atoms with Crippen molar-refractivity contribution < 1.29 is 23.5 Å². The van der Waals surface area contributed by atoms with Crippen LogP contribution in [0.3, 0.4) is 0 Å². The number of aliphatic carboxylic acids is 1. The molecule has 1 aromatic carbocycles. The maximum atomic E-state index is 13.7. The third-order valence-corrected chi connectivity index (χ3v) is 5.18. The number of carboxylic acid groups (broad SMARTS) is 1. The molecule has 2 saturated carbocycles. The molecular weight excluding hydrogens is 316 g/mol. The van der Waals surface area contributed by atoms with Crippen molar-refractivity contribution in [3.05, 3.63) is 41.0 Å². The van der Waals surface area contributed by atoms with Crippen LogP contribution in [-0.2, 0) is 9.59 Å². The summed E-state index contributed by atoms with van der Waals surface area (Å²) in [4.78, 5) is 24.2. The lowest BCUT2D eigenvalue weighted by molar-refractivity contribution is -0.314. The maximum absolute atomic E-state index is 13.7. The van der Waals surface area contributed by atoms with Gasteiger partial charge in [0.25, 0.3) is 0 Å². The highest BCUT2D eigenvalue weighted by molar-refractivity contribution is 5.96. The molecule has 2 fully saturated rings. The fraction of sp³-hybridized carbons (Fsp3) is 0.444. The van der Waals surface area contributed by atoms with E-state index in [4.69, 9.17) is 0 Å². The quantitative estimate of drug-likeness (QED) is 0.862. The second-order valence-corrected chi connectivity index (χ2v) is 6.73. The Morgan fingerprint density at radius 3 is 2.33 bits per heavy atom. The molecule has 3 rings (SSSR count). The minimum Gasteiger partial charge on any atom is -0.550 e. The summed E-state index contributed by atoms with van der Waals surface area (Å²) in [6.45, 7) is 3.80. The summed E-state index contributed by atoms with van der Waals surface area (Å²) >= 11 is 0. The molecule has 1 N–H and O–H groups in total. The zero-order valence-corrected chi connectivity index (χ0v) is 13.4. The lowest BCUT2D eigenvalue weighted by atomic mass is 9.78. The highest BCUT2D eigenvalue weighted by Gasteiger charge is 2.54. The van der Waals surface area contributed by atoms with Crippen LogP contribution in [0.15, 0.2) is 29.3 Å². The molecule has 1 aromatic rings. The van der Waals surface area contributed by atoms with Gasteiger partial charge in [-0.05, 0) is 50.7 Å². The molecule has 0 aromatic heterocycles. The van der Waals surface area contributed by atoms with Gasteiger partial charge >= 0.3 is 0 Å². The number of carbonyl (C=O) groups excluding carboxylic acids is 2. The molecule has 128 valence electrons. The van der Waals surface area contributed by atoms with E-state index in [2.05, 4.69) is 5.32 Å². The summed E-state index contributed by atoms with van der Waals surface area (Å²) in [5, 5.41) is 14.0. The van der Waals surface area contributed by atoms with Gasteiger partial charge < -0.3 is 15.2 Å². The normalized spacial score (nSPS) is 28.1. The number of nitrogens with one attached hydrogen (secondary N) is 1. The smallest absolute Gasteiger partial charge is 0.228 e. The second kappa shape index (κ2) is 6.00. The summed E-state index contributed by atoms with van der Waals surface area (Å²) in [5.74, 6) is -5.44. The van der Waals surface area contributed by atoms with Crippen LogP contribution < -0.4 is 10.4 Å². The van der Waals surface area contributed by atoms with E-state index in [0.717, 1.165) is 35.8 Å². The van der Waals surface area contributed by atoms with Gasteiger partial charge in [0, 0.05) is 18.0 Å². The van der Waals surface area contributed by atoms with E-state index < -0.39 is 35.3 Å². The van der Waals surface area contributed by atoms with Crippen LogP contribution in [0.25, 0.3) is 0 Å². The molecule has 0 aliphatic heterocycles. The average Bonchev–Trinajstić information content (AvgIpc) is 3.06. The number of benzene rings is 1. The second-order valence-electron chi connectivity index (χ2n) is 6.73. The molecule has 0 spiro atoms. The van der Waals surface area contributed by atoms with Crippen molar-refractivity contribution in [2.24, 2.45) is 23.7 Å². The van der Waals surface area contributed by atoms with Gasteiger partial charge in [-0.15, -0.1) is 0 Å². The van der Waals surface area contributed by atoms with Crippen LogP contribution >= 0.6 is 0 Å². The molecule has 0 heterocycles. The zero-order valence-electron chi connectivity index (χ0n) is 13.4. The van der Waals surface area contributed by atoms with Gasteiger partial charge in [-0.3, -0.25) is 4.79 Å². The van der Waals surface area contributed by atoms with Gasteiger partial charge in [0.1, 0.15) is 11.6 Å². The Balaban J connectivity index is 1.92. The molecule has 4 atom stereocenters. The SMILES string of the molecule is CC(C)=C1[C@H]2CC[C@H]1[C@@H](C(=O)Nc1cc(F)ccc1F)[C@H]2C(=O)[O-]. The summed E-state index contributed by atoms with van der Waals surface area (Å²) in [5.41, 5.74) is 1.74. The largest absolute Gasteiger partial charge is 0.550 e. The highest BCUT2D eigenvalue weighted by Crippen LogP contribution is 2.57. The predicted molar refractivity (Wildman–Crippen MR) is 81.6 cm³/mol. The molecule has 0 unspecified atom stereocenters. The first kappa shape index (κ1) is 16.6. The lowest BCUT2D eigenvalue weighted by Gasteiger charge is -2.30. The van der Waals surface area contributed by atoms with Crippen molar-refractivity contribution in [2.45, 2.75) is 26.7 Å². The number of carbonyl (C=O) groups is 2. The molecule has 0 saturated heterocycles. The molecule has 6 heteroatoms. The maximum Gasteiger partial charge on any atom is 0.228 e. The minimum absolute atomic E-state index is 0.181. The van der Waals surface area contributed by atoms with Crippen LogP contribution in [0.4, 0.5) is 14.5 Å². The number of hydrogen-bond donors (Lipinski definition) is 1.